The maximum atomic E-state index is 10.9. The van der Waals surface area contributed by atoms with Gasteiger partial charge in [0.1, 0.15) is 12.7 Å². The largest absolute Gasteiger partial charge is 0.484 e. The maximum Gasteiger partial charge on any atom is 0.335 e. The Bertz CT molecular complexity index is 515. The summed E-state index contributed by atoms with van der Waals surface area (Å²) in [7, 11) is 0. The van der Waals surface area contributed by atoms with Crippen molar-refractivity contribution in [3.05, 3.63) is 33.9 Å². The van der Waals surface area contributed by atoms with E-state index in [0.29, 0.717) is 0 Å². The van der Waals surface area contributed by atoms with Crippen molar-refractivity contribution in [3.8, 4) is 5.75 Å². The molecule has 0 aliphatic rings. The summed E-state index contributed by atoms with van der Waals surface area (Å²) < 4.78 is 10.3. The average Bonchev–Trinajstić information content (AvgIpc) is 2.42. The van der Waals surface area contributed by atoms with Crippen molar-refractivity contribution < 1.29 is 29.4 Å². The van der Waals surface area contributed by atoms with E-state index in [1.807, 2.05) is 13.8 Å². The van der Waals surface area contributed by atoms with Crippen LogP contribution in [0.15, 0.2) is 18.2 Å². The fourth-order valence-corrected chi connectivity index (χ4v) is 1.45. The molecule has 21 heavy (non-hydrogen) atoms. The van der Waals surface area contributed by atoms with Crippen LogP contribution in [0.3, 0.4) is 0 Å². The van der Waals surface area contributed by atoms with Crippen LogP contribution in [-0.4, -0.2) is 46.5 Å². The molecule has 0 radical (unpaired) electrons. The number of benzene rings is 1. The predicted octanol–water partition coefficient (Wildman–Crippen LogP) is 1.46. The minimum atomic E-state index is -1.27. The van der Waals surface area contributed by atoms with E-state index in [2.05, 4.69) is 0 Å². The maximum absolute atomic E-state index is 10.9. The van der Waals surface area contributed by atoms with E-state index in [-0.39, 0.29) is 30.6 Å². The summed E-state index contributed by atoms with van der Waals surface area (Å²) >= 11 is 0. The monoisotopic (exact) mass is 299 g/mol. The minimum absolute atomic E-state index is 0.0404. The molecule has 1 aromatic rings. The third kappa shape index (κ3) is 5.36. The van der Waals surface area contributed by atoms with Crippen LogP contribution in [0.1, 0.15) is 24.2 Å². The van der Waals surface area contributed by atoms with Crippen molar-refractivity contribution >= 4 is 11.7 Å². The Labute approximate surface area is 121 Å². The molecule has 2 N–H and O–H groups in total. The smallest absolute Gasteiger partial charge is 0.335 e. The summed E-state index contributed by atoms with van der Waals surface area (Å²) in [6.07, 6.45) is -0.991. The van der Waals surface area contributed by atoms with Gasteiger partial charge >= 0.3 is 11.7 Å². The number of nitrogens with zero attached hydrogens (tertiary/aromatic N) is 1. The minimum Gasteiger partial charge on any atom is -0.484 e. The molecule has 0 saturated carbocycles. The lowest BCUT2D eigenvalue weighted by molar-refractivity contribution is -0.386. The van der Waals surface area contributed by atoms with E-state index in [1.54, 1.807) is 0 Å². The summed E-state index contributed by atoms with van der Waals surface area (Å²) in [6.45, 7) is 3.46. The number of carboxylic acid groups (broad SMARTS) is 1. The Morgan fingerprint density at radius 3 is 2.57 bits per heavy atom. The van der Waals surface area contributed by atoms with Crippen LogP contribution in [0.25, 0.3) is 0 Å². The van der Waals surface area contributed by atoms with Gasteiger partial charge in [-0.1, -0.05) is 0 Å². The number of nitro benzene ring substituents is 1. The molecule has 1 atom stereocenters. The highest BCUT2D eigenvalue weighted by Gasteiger charge is 2.19. The molecule has 0 heterocycles. The number of hydrogen-bond donors (Lipinski definition) is 2. The first kappa shape index (κ1) is 16.9. The number of carbonyl (C=O) groups is 1. The summed E-state index contributed by atoms with van der Waals surface area (Å²) in [5, 5.41) is 29.3. The third-order valence-electron chi connectivity index (χ3n) is 2.46. The van der Waals surface area contributed by atoms with Crippen LogP contribution in [0.2, 0.25) is 0 Å². The van der Waals surface area contributed by atoms with Crippen molar-refractivity contribution in [2.24, 2.45) is 0 Å². The normalized spacial score (nSPS) is 12.2. The molecule has 0 saturated heterocycles. The fourth-order valence-electron chi connectivity index (χ4n) is 1.45. The lowest BCUT2D eigenvalue weighted by Gasteiger charge is -2.14. The molecule has 116 valence electrons. The van der Waals surface area contributed by atoms with Crippen molar-refractivity contribution in [2.75, 3.05) is 13.2 Å². The third-order valence-corrected chi connectivity index (χ3v) is 2.46. The summed E-state index contributed by atoms with van der Waals surface area (Å²) in [5.74, 6) is -1.37. The number of hydrogen-bond acceptors (Lipinski definition) is 6. The molecule has 0 spiro atoms. The number of nitro groups is 1. The second-order valence-electron chi connectivity index (χ2n) is 4.59. The Balaban J connectivity index is 2.74. The summed E-state index contributed by atoms with van der Waals surface area (Å²) in [4.78, 5) is 20.9. The fraction of sp³-hybridized carbons (Fsp3) is 0.462. The van der Waals surface area contributed by atoms with Crippen LogP contribution in [0, 0.1) is 10.1 Å². The van der Waals surface area contributed by atoms with E-state index in [4.69, 9.17) is 14.6 Å². The first-order valence-electron chi connectivity index (χ1n) is 6.25. The summed E-state index contributed by atoms with van der Waals surface area (Å²) in [5.41, 5.74) is -0.676. The van der Waals surface area contributed by atoms with E-state index in [9.17, 15) is 20.0 Å². The SMILES string of the molecule is CC(C)OCC(O)COc1ccc(C(=O)O)cc1[N+](=O)[O-]. The number of ether oxygens (including phenoxy) is 2. The van der Waals surface area contributed by atoms with E-state index in [1.165, 1.54) is 12.1 Å². The molecule has 0 aliphatic heterocycles. The van der Waals surface area contributed by atoms with Gasteiger partial charge in [-0.2, -0.15) is 0 Å². The van der Waals surface area contributed by atoms with Crippen molar-refractivity contribution in [2.45, 2.75) is 26.1 Å². The number of aliphatic hydroxyl groups is 1. The van der Waals surface area contributed by atoms with Gasteiger partial charge in [0.05, 0.1) is 23.2 Å². The van der Waals surface area contributed by atoms with E-state index in [0.717, 1.165) is 6.07 Å². The molecule has 0 aliphatic carbocycles. The van der Waals surface area contributed by atoms with Gasteiger partial charge in [0.15, 0.2) is 5.75 Å². The quantitative estimate of drug-likeness (QED) is 0.550. The molecule has 0 bridgehead atoms. The number of aromatic carboxylic acids is 1. The zero-order chi connectivity index (χ0) is 16.0. The lowest BCUT2D eigenvalue weighted by atomic mass is 10.2. The highest BCUT2D eigenvalue weighted by atomic mass is 16.6. The standard InChI is InChI=1S/C13H17NO7/c1-8(2)20-6-10(15)7-21-12-4-3-9(13(16)17)5-11(12)14(18)19/h3-5,8,10,15H,6-7H2,1-2H3,(H,16,17). The Kier molecular flexibility index (Phi) is 6.07. The van der Waals surface area contributed by atoms with Crippen LogP contribution >= 0.6 is 0 Å². The van der Waals surface area contributed by atoms with E-state index < -0.39 is 22.7 Å². The average molecular weight is 299 g/mol. The highest BCUT2D eigenvalue weighted by molar-refractivity contribution is 5.88. The van der Waals surface area contributed by atoms with Crippen LogP contribution < -0.4 is 4.74 Å². The van der Waals surface area contributed by atoms with Crippen LogP contribution in [0.5, 0.6) is 5.75 Å². The predicted molar refractivity (Wildman–Crippen MR) is 72.6 cm³/mol. The zero-order valence-electron chi connectivity index (χ0n) is 11.7. The van der Waals surface area contributed by atoms with Gasteiger partial charge in [0.2, 0.25) is 0 Å². The Morgan fingerprint density at radius 1 is 1.38 bits per heavy atom. The number of rotatable bonds is 8. The first-order chi connectivity index (χ1) is 9.81. The number of carboxylic acids is 1. The van der Waals surface area contributed by atoms with Crippen LogP contribution in [-0.2, 0) is 4.74 Å². The Hall–Kier alpha value is -2.19. The second-order valence-corrected chi connectivity index (χ2v) is 4.59. The summed E-state index contributed by atoms with van der Waals surface area (Å²) in [6, 6.07) is 3.30. The van der Waals surface area contributed by atoms with Gasteiger partial charge in [-0.3, -0.25) is 10.1 Å². The molecule has 8 nitrogen and oxygen atoms in total. The van der Waals surface area contributed by atoms with Crippen molar-refractivity contribution in [3.63, 3.8) is 0 Å². The molecular formula is C13H17NO7. The highest BCUT2D eigenvalue weighted by Crippen LogP contribution is 2.28. The van der Waals surface area contributed by atoms with Gasteiger partial charge in [-0.05, 0) is 26.0 Å². The molecule has 0 fully saturated rings. The van der Waals surface area contributed by atoms with Gasteiger partial charge < -0.3 is 19.7 Å². The topological polar surface area (TPSA) is 119 Å². The first-order valence-corrected chi connectivity index (χ1v) is 6.25. The molecule has 1 aromatic carbocycles. The molecule has 8 heteroatoms. The lowest BCUT2D eigenvalue weighted by Crippen LogP contribution is -2.25. The molecule has 0 aromatic heterocycles. The molecule has 0 amide bonds. The van der Waals surface area contributed by atoms with E-state index >= 15 is 0 Å². The van der Waals surface area contributed by atoms with Crippen molar-refractivity contribution in [1.82, 2.24) is 0 Å². The Morgan fingerprint density at radius 2 is 2.05 bits per heavy atom. The second kappa shape index (κ2) is 7.55. The van der Waals surface area contributed by atoms with Gasteiger partial charge in [0, 0.05) is 6.07 Å². The number of aliphatic hydroxyl groups excluding tert-OH is 1. The van der Waals surface area contributed by atoms with Crippen LogP contribution in [0.4, 0.5) is 5.69 Å². The molecule has 1 rings (SSSR count). The molecular weight excluding hydrogens is 282 g/mol. The van der Waals surface area contributed by atoms with Gasteiger partial charge in [0.25, 0.3) is 0 Å². The van der Waals surface area contributed by atoms with Crippen molar-refractivity contribution in [1.29, 1.82) is 0 Å². The van der Waals surface area contributed by atoms with Gasteiger partial charge in [-0.25, -0.2) is 4.79 Å². The molecule has 1 unspecified atom stereocenters. The van der Waals surface area contributed by atoms with Gasteiger partial charge in [-0.15, -0.1) is 0 Å². The zero-order valence-corrected chi connectivity index (χ0v) is 11.7.